The Morgan fingerprint density at radius 2 is 1.49 bits per heavy atom. The maximum Gasteiger partial charge on any atom is 0.573 e. The van der Waals surface area contributed by atoms with Crippen LogP contribution in [0.25, 0.3) is 0 Å². The number of halogens is 3. The Morgan fingerprint density at radius 3 is 2.00 bits per heavy atom. The van der Waals surface area contributed by atoms with Gasteiger partial charge in [0, 0.05) is 23.2 Å². The standard InChI is InChI=1S/C26H26F3NO5/c1-15(2)23-22(24(34-25(31)32-5)16(3)17(4)30-23)14-18-6-8-19(9-7-18)33-20-10-12-21(13-11-20)35-26(27,28)29/h6-13,15H,14H2,1-5H3. The topological polar surface area (TPSA) is 66.9 Å². The fourth-order valence-corrected chi connectivity index (χ4v) is 3.48. The molecule has 9 heteroatoms. The number of pyridine rings is 1. The van der Waals surface area contributed by atoms with E-state index in [4.69, 9.17) is 19.2 Å². The molecule has 0 saturated heterocycles. The molecule has 0 bridgehead atoms. The molecule has 2 aromatic carbocycles. The number of carbonyl (C=O) groups excluding carboxylic acids is 1. The van der Waals surface area contributed by atoms with Crippen LogP contribution in [0.1, 0.15) is 47.8 Å². The van der Waals surface area contributed by atoms with Crippen LogP contribution in [0.5, 0.6) is 23.0 Å². The monoisotopic (exact) mass is 489 g/mol. The van der Waals surface area contributed by atoms with Crippen molar-refractivity contribution in [1.82, 2.24) is 4.98 Å². The highest BCUT2D eigenvalue weighted by molar-refractivity contribution is 5.66. The number of methoxy groups -OCH3 is 1. The van der Waals surface area contributed by atoms with Crippen molar-refractivity contribution < 1.29 is 36.9 Å². The minimum absolute atomic E-state index is 0.0937. The maximum absolute atomic E-state index is 12.3. The Labute approximate surface area is 201 Å². The van der Waals surface area contributed by atoms with Gasteiger partial charge in [-0.05, 0) is 61.7 Å². The van der Waals surface area contributed by atoms with Crippen molar-refractivity contribution in [3.05, 3.63) is 76.6 Å². The van der Waals surface area contributed by atoms with Gasteiger partial charge >= 0.3 is 12.5 Å². The molecule has 35 heavy (non-hydrogen) atoms. The van der Waals surface area contributed by atoms with Crippen molar-refractivity contribution in [2.75, 3.05) is 7.11 Å². The first-order valence-corrected chi connectivity index (χ1v) is 10.8. The number of carbonyl (C=O) groups is 1. The van der Waals surface area contributed by atoms with Crippen LogP contribution in [0, 0.1) is 13.8 Å². The van der Waals surface area contributed by atoms with Gasteiger partial charge in [0.2, 0.25) is 0 Å². The highest BCUT2D eigenvalue weighted by Crippen LogP contribution is 2.34. The summed E-state index contributed by atoms with van der Waals surface area (Å²) in [5, 5.41) is 0. The molecule has 1 aromatic heterocycles. The number of alkyl halides is 3. The normalized spacial score (nSPS) is 11.3. The van der Waals surface area contributed by atoms with Crippen LogP contribution >= 0.6 is 0 Å². The summed E-state index contributed by atoms with van der Waals surface area (Å²) in [4.78, 5) is 16.6. The number of ether oxygens (including phenoxy) is 4. The fraction of sp³-hybridized carbons (Fsp3) is 0.308. The van der Waals surface area contributed by atoms with E-state index in [1.165, 1.54) is 31.4 Å². The highest BCUT2D eigenvalue weighted by atomic mass is 19.4. The lowest BCUT2D eigenvalue weighted by molar-refractivity contribution is -0.274. The summed E-state index contributed by atoms with van der Waals surface area (Å²) in [6.45, 7) is 7.74. The summed E-state index contributed by atoms with van der Waals surface area (Å²) in [5.74, 6) is 1.08. The van der Waals surface area contributed by atoms with Gasteiger partial charge in [-0.3, -0.25) is 4.98 Å². The summed E-state index contributed by atoms with van der Waals surface area (Å²) in [7, 11) is 1.25. The second-order valence-corrected chi connectivity index (χ2v) is 8.17. The average molecular weight is 489 g/mol. The lowest BCUT2D eigenvalue weighted by atomic mass is 9.94. The second-order valence-electron chi connectivity index (χ2n) is 8.17. The molecule has 0 aliphatic heterocycles. The molecule has 0 N–H and O–H groups in total. The van der Waals surface area contributed by atoms with Crippen LogP contribution in [-0.4, -0.2) is 24.6 Å². The molecule has 0 fully saturated rings. The van der Waals surface area contributed by atoms with E-state index in [0.717, 1.165) is 28.1 Å². The molecular weight excluding hydrogens is 463 g/mol. The van der Waals surface area contributed by atoms with Crippen LogP contribution in [0.15, 0.2) is 48.5 Å². The maximum atomic E-state index is 12.3. The van der Waals surface area contributed by atoms with E-state index in [1.54, 1.807) is 12.1 Å². The Morgan fingerprint density at radius 1 is 0.943 bits per heavy atom. The van der Waals surface area contributed by atoms with E-state index in [2.05, 4.69) is 4.74 Å². The molecule has 186 valence electrons. The Balaban J connectivity index is 1.82. The van der Waals surface area contributed by atoms with Crippen molar-refractivity contribution in [2.45, 2.75) is 46.4 Å². The van der Waals surface area contributed by atoms with E-state index in [1.807, 2.05) is 39.8 Å². The average Bonchev–Trinajstić information content (AvgIpc) is 2.79. The summed E-state index contributed by atoms with van der Waals surface area (Å²) < 4.78 is 56.7. The third-order valence-electron chi connectivity index (χ3n) is 5.25. The van der Waals surface area contributed by atoms with Crippen molar-refractivity contribution in [3.8, 4) is 23.0 Å². The molecule has 0 radical (unpaired) electrons. The number of nitrogens with zero attached hydrogens (tertiary/aromatic N) is 1. The zero-order valence-electron chi connectivity index (χ0n) is 20.0. The SMILES string of the molecule is COC(=O)Oc1c(C)c(C)nc(C(C)C)c1Cc1ccc(Oc2ccc(OC(F)(F)F)cc2)cc1. The van der Waals surface area contributed by atoms with E-state index in [0.29, 0.717) is 23.7 Å². The molecule has 0 aliphatic rings. The first-order chi connectivity index (χ1) is 16.5. The van der Waals surface area contributed by atoms with Gasteiger partial charge in [-0.15, -0.1) is 13.2 Å². The number of rotatable bonds is 7. The summed E-state index contributed by atoms with van der Waals surface area (Å²) in [5.41, 5.74) is 4.07. The first kappa shape index (κ1) is 25.9. The molecule has 0 aliphatic carbocycles. The van der Waals surface area contributed by atoms with Crippen LogP contribution < -0.4 is 14.2 Å². The van der Waals surface area contributed by atoms with Gasteiger partial charge in [0.15, 0.2) is 0 Å². The molecule has 1 heterocycles. The number of hydrogen-bond acceptors (Lipinski definition) is 6. The Hall–Kier alpha value is -3.75. The largest absolute Gasteiger partial charge is 0.573 e. The minimum Gasteiger partial charge on any atom is -0.457 e. The van der Waals surface area contributed by atoms with Crippen LogP contribution in [0.3, 0.4) is 0 Å². The molecule has 3 rings (SSSR count). The number of aromatic nitrogens is 1. The Kier molecular flexibility index (Phi) is 7.89. The lowest BCUT2D eigenvalue weighted by Crippen LogP contribution is -2.16. The van der Waals surface area contributed by atoms with Gasteiger partial charge in [0.05, 0.1) is 12.8 Å². The van der Waals surface area contributed by atoms with E-state index < -0.39 is 12.5 Å². The quantitative estimate of drug-likeness (QED) is 0.326. The first-order valence-electron chi connectivity index (χ1n) is 10.8. The van der Waals surface area contributed by atoms with Gasteiger partial charge in [-0.2, -0.15) is 0 Å². The molecule has 0 atom stereocenters. The number of aryl methyl sites for hydroxylation is 1. The van der Waals surface area contributed by atoms with E-state index in [-0.39, 0.29) is 11.7 Å². The van der Waals surface area contributed by atoms with Crippen LogP contribution in [0.4, 0.5) is 18.0 Å². The highest BCUT2D eigenvalue weighted by Gasteiger charge is 2.31. The number of hydrogen-bond donors (Lipinski definition) is 0. The number of benzene rings is 2. The van der Waals surface area contributed by atoms with E-state index >= 15 is 0 Å². The third-order valence-corrected chi connectivity index (χ3v) is 5.25. The predicted molar refractivity (Wildman–Crippen MR) is 123 cm³/mol. The van der Waals surface area contributed by atoms with Gasteiger partial charge in [-0.25, -0.2) is 4.79 Å². The zero-order chi connectivity index (χ0) is 25.8. The zero-order valence-corrected chi connectivity index (χ0v) is 20.0. The van der Waals surface area contributed by atoms with Gasteiger partial charge in [0.25, 0.3) is 0 Å². The summed E-state index contributed by atoms with van der Waals surface area (Å²) in [6.07, 6.45) is -5.09. The van der Waals surface area contributed by atoms with Crippen molar-refractivity contribution in [2.24, 2.45) is 0 Å². The second kappa shape index (κ2) is 10.7. The van der Waals surface area contributed by atoms with Gasteiger partial charge < -0.3 is 18.9 Å². The summed E-state index contributed by atoms with van der Waals surface area (Å²) >= 11 is 0. The molecule has 0 spiro atoms. The molecule has 3 aromatic rings. The smallest absolute Gasteiger partial charge is 0.457 e. The molecule has 0 unspecified atom stereocenters. The van der Waals surface area contributed by atoms with Crippen LogP contribution in [0.2, 0.25) is 0 Å². The molecular formula is C26H26F3NO5. The minimum atomic E-state index is -4.75. The fourth-order valence-electron chi connectivity index (χ4n) is 3.48. The van der Waals surface area contributed by atoms with Crippen molar-refractivity contribution in [3.63, 3.8) is 0 Å². The molecule has 0 amide bonds. The lowest BCUT2D eigenvalue weighted by Gasteiger charge is -2.20. The predicted octanol–water partition coefficient (Wildman–Crippen LogP) is 7.25. The summed E-state index contributed by atoms with van der Waals surface area (Å²) in [6, 6.07) is 12.4. The Bertz CT molecular complexity index is 1170. The van der Waals surface area contributed by atoms with Gasteiger partial charge in [-0.1, -0.05) is 26.0 Å². The molecule has 6 nitrogen and oxygen atoms in total. The van der Waals surface area contributed by atoms with Crippen molar-refractivity contribution in [1.29, 1.82) is 0 Å². The van der Waals surface area contributed by atoms with Gasteiger partial charge in [0.1, 0.15) is 23.0 Å². The van der Waals surface area contributed by atoms with E-state index in [9.17, 15) is 18.0 Å². The molecule has 0 saturated carbocycles. The van der Waals surface area contributed by atoms with Crippen LogP contribution in [-0.2, 0) is 11.2 Å². The third kappa shape index (κ3) is 6.88. The van der Waals surface area contributed by atoms with Crippen molar-refractivity contribution >= 4 is 6.16 Å².